The third-order valence-corrected chi connectivity index (χ3v) is 3.86. The monoisotopic (exact) mass is 285 g/mol. The third-order valence-electron chi connectivity index (χ3n) is 3.02. The molecule has 1 aliphatic carbocycles. The van der Waals surface area contributed by atoms with E-state index >= 15 is 0 Å². The fourth-order valence-corrected chi connectivity index (χ4v) is 2.53. The van der Waals surface area contributed by atoms with E-state index in [1.165, 1.54) is 18.9 Å². The Morgan fingerprint density at radius 1 is 1.50 bits per heavy atom. The summed E-state index contributed by atoms with van der Waals surface area (Å²) >= 11 is 3.35. The first kappa shape index (κ1) is 12.1. The lowest BCUT2D eigenvalue weighted by Crippen LogP contribution is -2.24. The molecule has 88 valence electrons. The minimum absolute atomic E-state index is 0.165. The predicted octanol–water partition coefficient (Wildman–Crippen LogP) is 4.04. The average molecular weight is 286 g/mol. The zero-order chi connectivity index (χ0) is 11.5. The van der Waals surface area contributed by atoms with E-state index in [1.807, 2.05) is 6.07 Å². The van der Waals surface area contributed by atoms with Gasteiger partial charge < -0.3 is 5.32 Å². The predicted molar refractivity (Wildman–Crippen MR) is 67.9 cm³/mol. The molecule has 0 amide bonds. The Morgan fingerprint density at radius 2 is 2.25 bits per heavy atom. The highest BCUT2D eigenvalue weighted by Gasteiger charge is 2.33. The van der Waals surface area contributed by atoms with Crippen molar-refractivity contribution in [3.8, 4) is 0 Å². The zero-order valence-electron chi connectivity index (χ0n) is 9.47. The molecular weight excluding hydrogens is 269 g/mol. The molecule has 1 aliphatic rings. The summed E-state index contributed by atoms with van der Waals surface area (Å²) in [6.07, 6.45) is 3.62. The molecule has 0 aliphatic heterocycles. The minimum atomic E-state index is -0.165. The van der Waals surface area contributed by atoms with E-state index in [2.05, 4.69) is 28.2 Å². The highest BCUT2D eigenvalue weighted by Crippen LogP contribution is 2.43. The van der Waals surface area contributed by atoms with Gasteiger partial charge in [0.05, 0.1) is 4.47 Å². The van der Waals surface area contributed by atoms with Crippen LogP contribution >= 0.6 is 15.9 Å². The highest BCUT2D eigenvalue weighted by atomic mass is 79.9. The highest BCUT2D eigenvalue weighted by molar-refractivity contribution is 9.10. The van der Waals surface area contributed by atoms with Gasteiger partial charge in [0.2, 0.25) is 0 Å². The standard InChI is InChI=1S/C13H17BrFN/c1-2-8-16-13(9-6-7-9)10-4-3-5-11(15)12(10)14/h3-5,9,13,16H,2,6-8H2,1H3. The first-order valence-corrected chi connectivity index (χ1v) is 6.70. The summed E-state index contributed by atoms with van der Waals surface area (Å²) in [6, 6.07) is 5.61. The number of rotatable bonds is 5. The van der Waals surface area contributed by atoms with E-state index in [0.717, 1.165) is 18.5 Å². The van der Waals surface area contributed by atoms with Crippen LogP contribution in [0.1, 0.15) is 37.8 Å². The zero-order valence-corrected chi connectivity index (χ0v) is 11.1. The van der Waals surface area contributed by atoms with Crippen molar-refractivity contribution in [1.29, 1.82) is 0 Å². The molecule has 0 aromatic heterocycles. The largest absolute Gasteiger partial charge is 0.310 e. The number of hydrogen-bond donors (Lipinski definition) is 1. The van der Waals surface area contributed by atoms with Gasteiger partial charge in [0.25, 0.3) is 0 Å². The van der Waals surface area contributed by atoms with E-state index in [9.17, 15) is 4.39 Å². The fourth-order valence-electron chi connectivity index (χ4n) is 2.02. The molecule has 1 unspecified atom stereocenters. The Hall–Kier alpha value is -0.410. The topological polar surface area (TPSA) is 12.0 Å². The van der Waals surface area contributed by atoms with Crippen molar-refractivity contribution in [3.05, 3.63) is 34.1 Å². The number of hydrogen-bond acceptors (Lipinski definition) is 1. The molecule has 1 atom stereocenters. The molecule has 2 rings (SSSR count). The van der Waals surface area contributed by atoms with Gasteiger partial charge in [-0.15, -0.1) is 0 Å². The molecule has 1 aromatic rings. The van der Waals surface area contributed by atoms with E-state index < -0.39 is 0 Å². The molecule has 0 spiro atoms. The van der Waals surface area contributed by atoms with Crippen molar-refractivity contribution in [2.24, 2.45) is 5.92 Å². The third kappa shape index (κ3) is 2.64. The van der Waals surface area contributed by atoms with Crippen LogP contribution in [-0.4, -0.2) is 6.54 Å². The molecule has 16 heavy (non-hydrogen) atoms. The van der Waals surface area contributed by atoms with Crippen LogP contribution in [0.5, 0.6) is 0 Å². The molecule has 0 bridgehead atoms. The van der Waals surface area contributed by atoms with Crippen LogP contribution in [0, 0.1) is 11.7 Å². The van der Waals surface area contributed by atoms with E-state index in [4.69, 9.17) is 0 Å². The molecule has 3 heteroatoms. The fraction of sp³-hybridized carbons (Fsp3) is 0.538. The Bertz CT molecular complexity index is 363. The molecule has 1 N–H and O–H groups in total. The number of nitrogens with one attached hydrogen (secondary N) is 1. The second kappa shape index (κ2) is 5.28. The molecule has 1 saturated carbocycles. The van der Waals surface area contributed by atoms with Crippen LogP contribution in [0.15, 0.2) is 22.7 Å². The maximum absolute atomic E-state index is 13.5. The maximum atomic E-state index is 13.5. The lowest BCUT2D eigenvalue weighted by atomic mass is 10.0. The van der Waals surface area contributed by atoms with Crippen LogP contribution in [0.3, 0.4) is 0 Å². The smallest absolute Gasteiger partial charge is 0.137 e. The molecule has 0 heterocycles. The Labute approximate surface area is 105 Å². The van der Waals surface area contributed by atoms with Gasteiger partial charge in [-0.2, -0.15) is 0 Å². The second-order valence-electron chi connectivity index (χ2n) is 4.41. The Kier molecular flexibility index (Phi) is 3.98. The van der Waals surface area contributed by atoms with Gasteiger partial charge >= 0.3 is 0 Å². The molecule has 1 fully saturated rings. The van der Waals surface area contributed by atoms with Crippen LogP contribution in [0.4, 0.5) is 4.39 Å². The summed E-state index contributed by atoms with van der Waals surface area (Å²) < 4.78 is 14.1. The van der Waals surface area contributed by atoms with Gasteiger partial charge in [-0.3, -0.25) is 0 Å². The maximum Gasteiger partial charge on any atom is 0.137 e. The van der Waals surface area contributed by atoms with Gasteiger partial charge in [-0.05, 0) is 59.3 Å². The van der Waals surface area contributed by atoms with E-state index in [0.29, 0.717) is 16.4 Å². The molecule has 1 aromatic carbocycles. The van der Waals surface area contributed by atoms with Gasteiger partial charge in [0.1, 0.15) is 5.82 Å². The first-order chi connectivity index (χ1) is 7.74. The molecule has 0 radical (unpaired) electrons. The van der Waals surface area contributed by atoms with Crippen molar-refractivity contribution in [3.63, 3.8) is 0 Å². The minimum Gasteiger partial charge on any atom is -0.310 e. The Balaban J connectivity index is 2.20. The summed E-state index contributed by atoms with van der Waals surface area (Å²) in [6.45, 7) is 3.14. The summed E-state index contributed by atoms with van der Waals surface area (Å²) in [5, 5.41) is 3.52. The van der Waals surface area contributed by atoms with Crippen molar-refractivity contribution in [1.82, 2.24) is 5.32 Å². The van der Waals surface area contributed by atoms with E-state index in [1.54, 1.807) is 6.07 Å². The first-order valence-electron chi connectivity index (χ1n) is 5.91. The van der Waals surface area contributed by atoms with Gasteiger partial charge in [-0.25, -0.2) is 4.39 Å². The SMILES string of the molecule is CCCNC(c1cccc(F)c1Br)C1CC1. The van der Waals surface area contributed by atoms with E-state index in [-0.39, 0.29) is 5.82 Å². The average Bonchev–Trinajstić information content (AvgIpc) is 3.08. The normalized spacial score (nSPS) is 17.4. The Morgan fingerprint density at radius 3 is 2.88 bits per heavy atom. The lowest BCUT2D eigenvalue weighted by molar-refractivity contribution is 0.475. The van der Waals surface area contributed by atoms with Gasteiger partial charge in [0, 0.05) is 6.04 Å². The van der Waals surface area contributed by atoms with Crippen LogP contribution in [-0.2, 0) is 0 Å². The van der Waals surface area contributed by atoms with Crippen LogP contribution < -0.4 is 5.32 Å². The molecule has 1 nitrogen and oxygen atoms in total. The van der Waals surface area contributed by atoms with Gasteiger partial charge in [-0.1, -0.05) is 19.1 Å². The summed E-state index contributed by atoms with van der Waals surface area (Å²) in [5.41, 5.74) is 1.07. The molecular formula is C13H17BrFN. The summed E-state index contributed by atoms with van der Waals surface area (Å²) in [4.78, 5) is 0. The molecule has 0 saturated heterocycles. The van der Waals surface area contributed by atoms with Crippen LogP contribution in [0.25, 0.3) is 0 Å². The van der Waals surface area contributed by atoms with Crippen molar-refractivity contribution < 1.29 is 4.39 Å². The van der Waals surface area contributed by atoms with Crippen LogP contribution in [0.2, 0.25) is 0 Å². The lowest BCUT2D eigenvalue weighted by Gasteiger charge is -2.20. The number of benzene rings is 1. The summed E-state index contributed by atoms with van der Waals surface area (Å²) in [7, 11) is 0. The van der Waals surface area contributed by atoms with Crippen molar-refractivity contribution in [2.75, 3.05) is 6.54 Å². The van der Waals surface area contributed by atoms with Crippen molar-refractivity contribution in [2.45, 2.75) is 32.2 Å². The second-order valence-corrected chi connectivity index (χ2v) is 5.21. The van der Waals surface area contributed by atoms with Gasteiger partial charge in [0.15, 0.2) is 0 Å². The quantitative estimate of drug-likeness (QED) is 0.861. The van der Waals surface area contributed by atoms with Crippen molar-refractivity contribution >= 4 is 15.9 Å². The number of halogens is 2. The summed E-state index contributed by atoms with van der Waals surface area (Å²) in [5.74, 6) is 0.520.